The van der Waals surface area contributed by atoms with Crippen LogP contribution in [-0.4, -0.2) is 35.4 Å². The Bertz CT molecular complexity index is 911. The van der Waals surface area contributed by atoms with Crippen LogP contribution in [-0.2, 0) is 11.3 Å². The number of hydrogen-bond donors (Lipinski definition) is 1. The summed E-state index contributed by atoms with van der Waals surface area (Å²) in [4.78, 5) is 16.6. The Hall–Kier alpha value is -2.93. The summed E-state index contributed by atoms with van der Waals surface area (Å²) in [6.07, 6.45) is 3.58. The quantitative estimate of drug-likeness (QED) is 0.605. The molecule has 0 atom stereocenters. The molecule has 0 spiro atoms. The maximum absolute atomic E-state index is 12.2. The summed E-state index contributed by atoms with van der Waals surface area (Å²) in [5.74, 6) is 1.74. The molecule has 3 rings (SSSR count). The third-order valence-corrected chi connectivity index (χ3v) is 4.91. The van der Waals surface area contributed by atoms with E-state index in [4.69, 9.17) is 9.47 Å². The van der Waals surface area contributed by atoms with Crippen molar-refractivity contribution >= 4 is 17.7 Å². The minimum atomic E-state index is -0.0638. The van der Waals surface area contributed by atoms with Crippen molar-refractivity contribution in [1.29, 1.82) is 0 Å². The molecule has 1 amide bonds. The molecule has 2 aromatic carbocycles. The zero-order chi connectivity index (χ0) is 19.1. The highest BCUT2D eigenvalue weighted by Gasteiger charge is 2.10. The smallest absolute Gasteiger partial charge is 0.230 e. The summed E-state index contributed by atoms with van der Waals surface area (Å²) in [5.41, 5.74) is 1.88. The van der Waals surface area contributed by atoms with Crippen LogP contribution < -0.4 is 14.8 Å². The molecule has 0 fully saturated rings. The lowest BCUT2D eigenvalue weighted by molar-refractivity contribution is -0.118. The maximum Gasteiger partial charge on any atom is 0.230 e. The lowest BCUT2D eigenvalue weighted by atomic mass is 10.2. The number of nitrogens with zero attached hydrogens (tertiary/aromatic N) is 2. The predicted octanol–water partition coefficient (Wildman–Crippen LogP) is 3.30. The molecule has 27 heavy (non-hydrogen) atoms. The molecule has 1 heterocycles. The molecule has 3 aromatic rings. The summed E-state index contributed by atoms with van der Waals surface area (Å²) in [6.45, 7) is 0.424. The molecule has 0 aliphatic carbocycles. The summed E-state index contributed by atoms with van der Waals surface area (Å²) in [6, 6.07) is 15.3. The molecule has 0 aliphatic rings. The standard InChI is InChI=1S/C20H21N3O3S/c1-25-17-8-5-7-16(12-17)23-11-10-21-20(23)27-14-19(24)22-13-15-6-3-4-9-18(15)26-2/h3-12H,13-14H2,1-2H3,(H,22,24). The molecule has 0 saturated heterocycles. The van der Waals surface area contributed by atoms with Crippen molar-refractivity contribution in [2.45, 2.75) is 11.7 Å². The Balaban J connectivity index is 1.59. The lowest BCUT2D eigenvalue weighted by Gasteiger charge is -2.10. The first-order valence-electron chi connectivity index (χ1n) is 8.40. The van der Waals surface area contributed by atoms with E-state index in [1.165, 1.54) is 11.8 Å². The normalized spacial score (nSPS) is 10.4. The van der Waals surface area contributed by atoms with Crippen LogP contribution in [0.3, 0.4) is 0 Å². The fraction of sp³-hybridized carbons (Fsp3) is 0.200. The van der Waals surface area contributed by atoms with Crippen LogP contribution in [0, 0.1) is 0 Å². The summed E-state index contributed by atoms with van der Waals surface area (Å²) < 4.78 is 12.5. The molecule has 0 aliphatic heterocycles. The van der Waals surface area contributed by atoms with Crippen molar-refractivity contribution < 1.29 is 14.3 Å². The second-order valence-electron chi connectivity index (χ2n) is 5.66. The number of imidazole rings is 1. The van der Waals surface area contributed by atoms with Gasteiger partial charge in [0.1, 0.15) is 11.5 Å². The van der Waals surface area contributed by atoms with E-state index in [0.717, 1.165) is 27.9 Å². The Labute approximate surface area is 162 Å². The van der Waals surface area contributed by atoms with Gasteiger partial charge in [0.25, 0.3) is 0 Å². The predicted molar refractivity (Wildman–Crippen MR) is 106 cm³/mol. The molecule has 7 heteroatoms. The number of thioether (sulfide) groups is 1. The molecule has 0 saturated carbocycles. The van der Waals surface area contributed by atoms with Gasteiger partial charge < -0.3 is 14.8 Å². The van der Waals surface area contributed by atoms with Crippen molar-refractivity contribution in [3.05, 3.63) is 66.5 Å². The van der Waals surface area contributed by atoms with Gasteiger partial charge in [0, 0.05) is 30.6 Å². The molecule has 1 N–H and O–H groups in total. The second kappa shape index (κ2) is 9.14. The van der Waals surface area contributed by atoms with Gasteiger partial charge in [-0.15, -0.1) is 0 Å². The number of nitrogens with one attached hydrogen (secondary N) is 1. The van der Waals surface area contributed by atoms with E-state index < -0.39 is 0 Å². The van der Waals surface area contributed by atoms with E-state index in [2.05, 4.69) is 10.3 Å². The van der Waals surface area contributed by atoms with Crippen LogP contribution in [0.25, 0.3) is 5.69 Å². The van der Waals surface area contributed by atoms with Gasteiger partial charge >= 0.3 is 0 Å². The van der Waals surface area contributed by atoms with Crippen LogP contribution in [0.15, 0.2) is 66.1 Å². The van der Waals surface area contributed by atoms with Gasteiger partial charge in [-0.2, -0.15) is 0 Å². The van der Waals surface area contributed by atoms with E-state index in [9.17, 15) is 4.79 Å². The van der Waals surface area contributed by atoms with Crippen LogP contribution in [0.1, 0.15) is 5.56 Å². The summed E-state index contributed by atoms with van der Waals surface area (Å²) in [5, 5.41) is 3.66. The molecular weight excluding hydrogens is 362 g/mol. The number of carbonyl (C=O) groups is 1. The van der Waals surface area contributed by atoms with Crippen molar-refractivity contribution in [1.82, 2.24) is 14.9 Å². The van der Waals surface area contributed by atoms with E-state index in [-0.39, 0.29) is 11.7 Å². The molecule has 0 radical (unpaired) electrons. The second-order valence-corrected chi connectivity index (χ2v) is 6.60. The average Bonchev–Trinajstić information content (AvgIpc) is 3.19. The number of ether oxygens (including phenoxy) is 2. The fourth-order valence-electron chi connectivity index (χ4n) is 2.58. The minimum absolute atomic E-state index is 0.0638. The van der Waals surface area contributed by atoms with Gasteiger partial charge in [-0.1, -0.05) is 36.0 Å². The topological polar surface area (TPSA) is 65.4 Å². The highest BCUT2D eigenvalue weighted by molar-refractivity contribution is 7.99. The summed E-state index contributed by atoms with van der Waals surface area (Å²) in [7, 11) is 3.25. The zero-order valence-electron chi connectivity index (χ0n) is 15.2. The SMILES string of the molecule is COc1cccc(-n2ccnc2SCC(=O)NCc2ccccc2OC)c1. The van der Waals surface area contributed by atoms with E-state index >= 15 is 0 Å². The van der Waals surface area contributed by atoms with Crippen LogP contribution in [0.5, 0.6) is 11.5 Å². The number of methoxy groups -OCH3 is 2. The van der Waals surface area contributed by atoms with Crippen LogP contribution in [0.2, 0.25) is 0 Å². The lowest BCUT2D eigenvalue weighted by Crippen LogP contribution is -2.25. The van der Waals surface area contributed by atoms with Gasteiger partial charge in [0.2, 0.25) is 5.91 Å². The van der Waals surface area contributed by atoms with Crippen molar-refractivity contribution in [3.63, 3.8) is 0 Å². The van der Waals surface area contributed by atoms with E-state index in [1.807, 2.05) is 59.3 Å². The molecule has 140 valence electrons. The van der Waals surface area contributed by atoms with E-state index in [0.29, 0.717) is 6.54 Å². The number of carbonyl (C=O) groups excluding carboxylic acids is 1. The highest BCUT2D eigenvalue weighted by Crippen LogP contribution is 2.23. The molecule has 0 unspecified atom stereocenters. The first-order chi connectivity index (χ1) is 13.2. The third-order valence-electron chi connectivity index (χ3n) is 3.94. The van der Waals surface area contributed by atoms with E-state index in [1.54, 1.807) is 20.4 Å². The van der Waals surface area contributed by atoms with Gasteiger partial charge in [-0.3, -0.25) is 9.36 Å². The number of rotatable bonds is 8. The van der Waals surface area contributed by atoms with Crippen molar-refractivity contribution in [2.24, 2.45) is 0 Å². The molecular formula is C20H21N3O3S. The highest BCUT2D eigenvalue weighted by atomic mass is 32.2. The Morgan fingerprint density at radius 1 is 1.15 bits per heavy atom. The van der Waals surface area contributed by atoms with Crippen LogP contribution >= 0.6 is 11.8 Å². The largest absolute Gasteiger partial charge is 0.497 e. The number of aromatic nitrogens is 2. The zero-order valence-corrected chi connectivity index (χ0v) is 16.0. The fourth-order valence-corrected chi connectivity index (χ4v) is 3.38. The van der Waals surface area contributed by atoms with Gasteiger partial charge in [-0.25, -0.2) is 4.98 Å². The molecule has 1 aromatic heterocycles. The maximum atomic E-state index is 12.2. The average molecular weight is 383 g/mol. The number of benzene rings is 2. The minimum Gasteiger partial charge on any atom is -0.497 e. The monoisotopic (exact) mass is 383 g/mol. The Morgan fingerprint density at radius 2 is 2.00 bits per heavy atom. The Kier molecular flexibility index (Phi) is 6.38. The number of para-hydroxylation sites is 1. The van der Waals surface area contributed by atoms with Crippen LogP contribution in [0.4, 0.5) is 0 Å². The van der Waals surface area contributed by atoms with Crippen molar-refractivity contribution in [2.75, 3.05) is 20.0 Å². The third kappa shape index (κ3) is 4.83. The molecule has 0 bridgehead atoms. The summed E-state index contributed by atoms with van der Waals surface area (Å²) >= 11 is 1.38. The number of amides is 1. The number of hydrogen-bond acceptors (Lipinski definition) is 5. The Morgan fingerprint density at radius 3 is 2.81 bits per heavy atom. The first kappa shape index (κ1) is 18.8. The van der Waals surface area contributed by atoms with Gasteiger partial charge in [0.05, 0.1) is 25.7 Å². The van der Waals surface area contributed by atoms with Gasteiger partial charge in [-0.05, 0) is 18.2 Å². The molecule has 6 nitrogen and oxygen atoms in total. The van der Waals surface area contributed by atoms with Gasteiger partial charge in [0.15, 0.2) is 5.16 Å². The first-order valence-corrected chi connectivity index (χ1v) is 9.39. The van der Waals surface area contributed by atoms with Crippen molar-refractivity contribution in [3.8, 4) is 17.2 Å².